The number of carbonyl (C=O) groups excluding carboxylic acids is 1. The minimum atomic E-state index is -4.86. The lowest BCUT2D eigenvalue weighted by Gasteiger charge is -2.34. The number of benzene rings is 1. The van der Waals surface area contributed by atoms with Gasteiger partial charge in [0.05, 0.1) is 5.57 Å². The lowest BCUT2D eigenvalue weighted by molar-refractivity contribution is -0.193. The number of allylic oxidation sites excluding steroid dienone is 1. The molecule has 0 heterocycles. The molecule has 3 nitrogen and oxygen atoms in total. The van der Waals surface area contributed by atoms with Crippen LogP contribution in [0.25, 0.3) is 0 Å². The van der Waals surface area contributed by atoms with E-state index < -0.39 is 29.1 Å². The molecule has 22 heavy (non-hydrogen) atoms. The maximum absolute atomic E-state index is 12.8. The third-order valence-corrected chi connectivity index (χ3v) is 3.57. The summed E-state index contributed by atoms with van der Waals surface area (Å²) < 4.78 is 38.5. The molecule has 1 unspecified atom stereocenters. The Morgan fingerprint density at radius 3 is 2.32 bits per heavy atom. The van der Waals surface area contributed by atoms with Crippen LogP contribution in [0.3, 0.4) is 0 Å². The zero-order chi connectivity index (χ0) is 16.5. The highest BCUT2D eigenvalue weighted by atomic mass is 19.4. The number of rotatable bonds is 3. The zero-order valence-electron chi connectivity index (χ0n) is 12.4. The van der Waals surface area contributed by atoms with Crippen LogP contribution in [0.15, 0.2) is 41.6 Å². The molecule has 0 radical (unpaired) electrons. The van der Waals surface area contributed by atoms with E-state index >= 15 is 0 Å². The summed E-state index contributed by atoms with van der Waals surface area (Å²) in [6.45, 7) is 3.63. The monoisotopic (exact) mass is 313 g/mol. The Hall–Kier alpha value is -1.82. The Morgan fingerprint density at radius 2 is 1.77 bits per heavy atom. The molecule has 1 atom stereocenters. The normalized spacial score (nSPS) is 20.0. The Morgan fingerprint density at radius 1 is 1.18 bits per heavy atom. The van der Waals surface area contributed by atoms with Gasteiger partial charge >= 0.3 is 6.18 Å². The largest absolute Gasteiger partial charge is 0.418 e. The molecule has 1 aromatic rings. The molecular weight excluding hydrogens is 295 g/mol. The van der Waals surface area contributed by atoms with Crippen LogP contribution in [0, 0.1) is 5.41 Å². The third kappa shape index (κ3) is 3.68. The van der Waals surface area contributed by atoms with Gasteiger partial charge in [-0.1, -0.05) is 32.0 Å². The minimum Gasteiger partial charge on any atom is -0.379 e. The van der Waals surface area contributed by atoms with E-state index in [0.29, 0.717) is 5.69 Å². The van der Waals surface area contributed by atoms with Crippen molar-refractivity contribution in [1.82, 2.24) is 0 Å². The van der Waals surface area contributed by atoms with Crippen molar-refractivity contribution in [3.63, 3.8) is 0 Å². The molecule has 0 amide bonds. The first kappa shape index (κ1) is 16.5. The molecule has 0 aromatic heterocycles. The van der Waals surface area contributed by atoms with Crippen LogP contribution in [0.2, 0.25) is 0 Å². The number of hydrogen-bond donors (Lipinski definition) is 2. The molecule has 0 fully saturated rings. The minimum absolute atomic E-state index is 0.0184. The van der Waals surface area contributed by atoms with Gasteiger partial charge in [-0.2, -0.15) is 13.2 Å². The standard InChI is InChI=1S/C16H18F3NO2/c1-15(2)8-11(20-10-6-4-3-5-7-10)13(12(21)9-15)14(22)16(17,18)19/h3-7,14,20,22H,8-9H2,1-2H3. The van der Waals surface area contributed by atoms with E-state index in [1.54, 1.807) is 30.3 Å². The molecule has 2 N–H and O–H groups in total. The van der Waals surface area contributed by atoms with Crippen LogP contribution in [-0.4, -0.2) is 23.2 Å². The fourth-order valence-electron chi connectivity index (χ4n) is 2.62. The zero-order valence-corrected chi connectivity index (χ0v) is 12.4. The summed E-state index contributed by atoms with van der Waals surface area (Å²) in [6.07, 6.45) is -7.39. The van der Waals surface area contributed by atoms with Crippen molar-refractivity contribution in [2.24, 2.45) is 5.41 Å². The highest BCUT2D eigenvalue weighted by Gasteiger charge is 2.47. The topological polar surface area (TPSA) is 49.3 Å². The van der Waals surface area contributed by atoms with E-state index in [2.05, 4.69) is 5.32 Å². The van der Waals surface area contributed by atoms with E-state index in [0.717, 1.165) is 0 Å². The van der Waals surface area contributed by atoms with E-state index in [9.17, 15) is 23.1 Å². The summed E-state index contributed by atoms with van der Waals surface area (Å²) in [5, 5.41) is 12.4. The van der Waals surface area contributed by atoms with Crippen molar-refractivity contribution in [2.45, 2.75) is 39.0 Å². The summed E-state index contributed by atoms with van der Waals surface area (Å²) >= 11 is 0. The number of nitrogens with one attached hydrogen (secondary N) is 1. The van der Waals surface area contributed by atoms with Gasteiger partial charge in [-0.15, -0.1) is 0 Å². The Bertz CT molecular complexity index is 591. The number of anilines is 1. The SMILES string of the molecule is CC1(C)CC(=O)C(C(O)C(F)(F)F)=C(Nc2ccccc2)C1. The number of hydrogen-bond acceptors (Lipinski definition) is 3. The van der Waals surface area contributed by atoms with Crippen LogP contribution in [0.4, 0.5) is 18.9 Å². The number of aliphatic hydroxyl groups is 1. The van der Waals surface area contributed by atoms with Crippen molar-refractivity contribution < 1.29 is 23.1 Å². The van der Waals surface area contributed by atoms with Gasteiger partial charge in [0, 0.05) is 17.8 Å². The first-order valence-corrected chi connectivity index (χ1v) is 6.93. The third-order valence-electron chi connectivity index (χ3n) is 3.57. The number of para-hydroxylation sites is 1. The molecule has 0 spiro atoms. The molecule has 2 rings (SSSR count). The molecule has 1 aliphatic carbocycles. The number of carbonyl (C=O) groups is 1. The summed E-state index contributed by atoms with van der Waals surface area (Å²) in [7, 11) is 0. The van der Waals surface area contributed by atoms with Crippen LogP contribution in [0.5, 0.6) is 0 Å². The van der Waals surface area contributed by atoms with Gasteiger partial charge in [-0.25, -0.2) is 0 Å². The molecule has 0 saturated heterocycles. The van der Waals surface area contributed by atoms with E-state index in [-0.39, 0.29) is 18.5 Å². The van der Waals surface area contributed by atoms with Gasteiger partial charge in [0.15, 0.2) is 11.9 Å². The highest BCUT2D eigenvalue weighted by molar-refractivity contribution is 5.99. The first-order valence-electron chi connectivity index (χ1n) is 6.93. The smallest absolute Gasteiger partial charge is 0.379 e. The fourth-order valence-corrected chi connectivity index (χ4v) is 2.62. The maximum Gasteiger partial charge on any atom is 0.418 e. The Labute approximate surface area is 126 Å². The van der Waals surface area contributed by atoms with Crippen LogP contribution in [0.1, 0.15) is 26.7 Å². The second-order valence-corrected chi connectivity index (χ2v) is 6.27. The summed E-state index contributed by atoms with van der Waals surface area (Å²) in [5.41, 5.74) is -0.314. The van der Waals surface area contributed by atoms with E-state index in [4.69, 9.17) is 0 Å². The average molecular weight is 313 g/mol. The number of alkyl halides is 3. The second-order valence-electron chi connectivity index (χ2n) is 6.27. The van der Waals surface area contributed by atoms with Gasteiger partial charge in [0.25, 0.3) is 0 Å². The van der Waals surface area contributed by atoms with Crippen molar-refractivity contribution >= 4 is 11.5 Å². The lowest BCUT2D eigenvalue weighted by Crippen LogP contribution is -2.39. The molecule has 0 aliphatic heterocycles. The summed E-state index contributed by atoms with van der Waals surface area (Å²) in [4.78, 5) is 12.1. The Balaban J connectivity index is 2.45. The predicted octanol–water partition coefficient (Wildman–Crippen LogP) is 3.66. The quantitative estimate of drug-likeness (QED) is 0.895. The highest BCUT2D eigenvalue weighted by Crippen LogP contribution is 2.40. The van der Waals surface area contributed by atoms with E-state index in [1.807, 2.05) is 13.8 Å². The molecule has 0 bridgehead atoms. The van der Waals surface area contributed by atoms with Crippen molar-refractivity contribution in [3.05, 3.63) is 41.6 Å². The number of halogens is 3. The molecule has 1 aromatic carbocycles. The van der Waals surface area contributed by atoms with Crippen LogP contribution in [-0.2, 0) is 4.79 Å². The second kappa shape index (κ2) is 5.76. The van der Waals surface area contributed by atoms with Gasteiger partial charge in [0.1, 0.15) is 0 Å². The van der Waals surface area contributed by atoms with E-state index in [1.165, 1.54) is 0 Å². The van der Waals surface area contributed by atoms with Gasteiger partial charge in [-0.05, 0) is 24.0 Å². The van der Waals surface area contributed by atoms with Crippen molar-refractivity contribution in [1.29, 1.82) is 0 Å². The molecule has 120 valence electrons. The molecule has 1 aliphatic rings. The van der Waals surface area contributed by atoms with Crippen molar-refractivity contribution in [3.8, 4) is 0 Å². The van der Waals surface area contributed by atoms with Gasteiger partial charge in [0.2, 0.25) is 0 Å². The molecule has 6 heteroatoms. The van der Waals surface area contributed by atoms with Crippen LogP contribution >= 0.6 is 0 Å². The summed E-state index contributed by atoms with van der Waals surface area (Å²) in [5.74, 6) is -0.667. The Kier molecular flexibility index (Phi) is 4.33. The number of ketones is 1. The van der Waals surface area contributed by atoms with Crippen molar-refractivity contribution in [2.75, 3.05) is 5.32 Å². The molecule has 0 saturated carbocycles. The molecular formula is C16H18F3NO2. The number of aliphatic hydroxyl groups excluding tert-OH is 1. The first-order chi connectivity index (χ1) is 10.1. The maximum atomic E-state index is 12.8. The van der Waals surface area contributed by atoms with Gasteiger partial charge in [-0.3, -0.25) is 4.79 Å². The number of Topliss-reactive ketones (excluding diaryl/α,β-unsaturated/α-hetero) is 1. The average Bonchev–Trinajstić information content (AvgIpc) is 2.36. The van der Waals surface area contributed by atoms with Crippen LogP contribution < -0.4 is 5.32 Å². The van der Waals surface area contributed by atoms with Gasteiger partial charge < -0.3 is 10.4 Å². The summed E-state index contributed by atoms with van der Waals surface area (Å²) in [6, 6.07) is 8.63. The fraction of sp³-hybridized carbons (Fsp3) is 0.438. The lowest BCUT2D eigenvalue weighted by atomic mass is 9.74. The predicted molar refractivity (Wildman–Crippen MR) is 77.2 cm³/mol.